The van der Waals surface area contributed by atoms with Gasteiger partial charge in [0.25, 0.3) is 5.91 Å². The van der Waals surface area contributed by atoms with Gasteiger partial charge in [-0.25, -0.2) is 0 Å². The van der Waals surface area contributed by atoms with Crippen LogP contribution in [0.5, 0.6) is 11.5 Å². The van der Waals surface area contributed by atoms with E-state index in [1.54, 1.807) is 0 Å². The molecule has 24 heavy (non-hydrogen) atoms. The van der Waals surface area contributed by atoms with Gasteiger partial charge in [-0.3, -0.25) is 4.79 Å². The van der Waals surface area contributed by atoms with Crippen molar-refractivity contribution in [3.63, 3.8) is 0 Å². The Labute approximate surface area is 149 Å². The number of nitrogens with zero attached hydrogens (tertiary/aromatic N) is 1. The van der Waals surface area contributed by atoms with Crippen molar-refractivity contribution in [2.24, 2.45) is 11.8 Å². The quantitative estimate of drug-likeness (QED) is 0.843. The van der Waals surface area contributed by atoms with Crippen LogP contribution < -0.4 is 14.8 Å². The number of carbonyl (C=O) groups excluding carboxylic acids is 1. The zero-order chi connectivity index (χ0) is 15.6. The van der Waals surface area contributed by atoms with Gasteiger partial charge in [-0.15, -0.1) is 12.4 Å². The molecule has 0 bridgehead atoms. The van der Waals surface area contributed by atoms with Crippen LogP contribution in [0.4, 0.5) is 0 Å². The molecular formula is C18H25ClN2O3. The third kappa shape index (κ3) is 3.47. The summed E-state index contributed by atoms with van der Waals surface area (Å²) in [6.45, 7) is 5.24. The molecule has 3 heterocycles. The van der Waals surface area contributed by atoms with Gasteiger partial charge < -0.3 is 19.7 Å². The number of ether oxygens (including phenoxy) is 2. The second-order valence-electron chi connectivity index (χ2n) is 6.76. The Hall–Kier alpha value is -1.46. The van der Waals surface area contributed by atoms with Crippen LogP contribution in [0.25, 0.3) is 0 Å². The smallest absolute Gasteiger partial charge is 0.253 e. The first-order valence-electron chi connectivity index (χ1n) is 8.71. The number of likely N-dealkylation sites (tertiary alicyclic amines) is 1. The molecule has 2 atom stereocenters. The predicted molar refractivity (Wildman–Crippen MR) is 94.3 cm³/mol. The lowest BCUT2D eigenvalue weighted by molar-refractivity contribution is 0.0758. The highest BCUT2D eigenvalue weighted by atomic mass is 35.5. The van der Waals surface area contributed by atoms with E-state index in [1.165, 1.54) is 0 Å². The summed E-state index contributed by atoms with van der Waals surface area (Å²) >= 11 is 0. The molecule has 4 rings (SSSR count). The van der Waals surface area contributed by atoms with Crippen molar-refractivity contribution in [1.29, 1.82) is 0 Å². The van der Waals surface area contributed by atoms with Gasteiger partial charge in [-0.1, -0.05) is 0 Å². The third-order valence-corrected chi connectivity index (χ3v) is 5.30. The highest BCUT2D eigenvalue weighted by Gasteiger charge is 2.31. The molecule has 2 fully saturated rings. The molecule has 1 aromatic carbocycles. The van der Waals surface area contributed by atoms with Gasteiger partial charge in [0.2, 0.25) is 0 Å². The summed E-state index contributed by atoms with van der Waals surface area (Å²) in [6.07, 6.45) is 3.09. The number of rotatable bonds is 1. The average Bonchev–Trinajstić information content (AvgIpc) is 2.79. The molecule has 132 valence electrons. The fraction of sp³-hybridized carbons (Fsp3) is 0.611. The van der Waals surface area contributed by atoms with Crippen molar-refractivity contribution in [3.8, 4) is 11.5 Å². The maximum absolute atomic E-state index is 12.9. The standard InChI is InChI=1S/C18H24N2O3.ClH/c21-18(20-6-4-14-11-19-12-15(14)5-7-20)13-2-3-16-17(10-13)23-9-1-8-22-16;/h2-3,10,14-15,19H,1,4-9,11-12H2;1H/t14-,15+;. The van der Waals surface area contributed by atoms with Crippen molar-refractivity contribution in [2.75, 3.05) is 39.4 Å². The van der Waals surface area contributed by atoms with Crippen LogP contribution in [-0.2, 0) is 0 Å². The Kier molecular flexibility index (Phi) is 5.51. The summed E-state index contributed by atoms with van der Waals surface area (Å²) in [4.78, 5) is 14.9. The van der Waals surface area contributed by atoms with E-state index in [0.717, 1.165) is 63.0 Å². The van der Waals surface area contributed by atoms with Crippen LogP contribution >= 0.6 is 12.4 Å². The number of benzene rings is 1. The Bertz CT molecular complexity index is 582. The molecule has 0 radical (unpaired) electrons. The first-order valence-corrected chi connectivity index (χ1v) is 8.71. The minimum absolute atomic E-state index is 0. The second kappa shape index (κ2) is 7.62. The molecule has 2 saturated heterocycles. The molecule has 1 aromatic rings. The molecule has 0 unspecified atom stereocenters. The number of halogens is 1. The lowest BCUT2D eigenvalue weighted by Gasteiger charge is -2.21. The molecule has 0 spiro atoms. The number of amides is 1. The number of fused-ring (bicyclic) bond motifs is 2. The Morgan fingerprint density at radius 1 is 1.04 bits per heavy atom. The number of hydrogen-bond acceptors (Lipinski definition) is 4. The van der Waals surface area contributed by atoms with Gasteiger partial charge in [0.1, 0.15) is 0 Å². The van der Waals surface area contributed by atoms with Gasteiger partial charge in [-0.05, 0) is 56.0 Å². The zero-order valence-corrected chi connectivity index (χ0v) is 14.6. The Morgan fingerprint density at radius 3 is 2.42 bits per heavy atom. The van der Waals surface area contributed by atoms with Crippen LogP contribution in [0, 0.1) is 11.8 Å². The van der Waals surface area contributed by atoms with Crippen LogP contribution in [0.15, 0.2) is 18.2 Å². The summed E-state index contributed by atoms with van der Waals surface area (Å²) in [5.41, 5.74) is 0.708. The van der Waals surface area contributed by atoms with E-state index >= 15 is 0 Å². The number of hydrogen-bond donors (Lipinski definition) is 1. The van der Waals surface area contributed by atoms with Crippen LogP contribution in [0.1, 0.15) is 29.6 Å². The van der Waals surface area contributed by atoms with Gasteiger partial charge in [0.05, 0.1) is 13.2 Å². The van der Waals surface area contributed by atoms with Crippen LogP contribution in [-0.4, -0.2) is 50.2 Å². The van der Waals surface area contributed by atoms with E-state index in [0.29, 0.717) is 24.5 Å². The molecule has 1 amide bonds. The molecule has 3 aliphatic rings. The Balaban J connectivity index is 0.00000169. The lowest BCUT2D eigenvalue weighted by atomic mass is 9.92. The summed E-state index contributed by atoms with van der Waals surface area (Å²) in [6, 6.07) is 5.57. The number of carbonyl (C=O) groups is 1. The summed E-state index contributed by atoms with van der Waals surface area (Å²) in [5.74, 6) is 3.03. The third-order valence-electron chi connectivity index (χ3n) is 5.30. The van der Waals surface area contributed by atoms with Crippen LogP contribution in [0.3, 0.4) is 0 Å². The van der Waals surface area contributed by atoms with E-state index in [2.05, 4.69) is 5.32 Å². The second-order valence-corrected chi connectivity index (χ2v) is 6.76. The van der Waals surface area contributed by atoms with Gasteiger partial charge in [-0.2, -0.15) is 0 Å². The summed E-state index contributed by atoms with van der Waals surface area (Å²) in [5, 5.41) is 3.47. The zero-order valence-electron chi connectivity index (χ0n) is 13.8. The molecule has 6 heteroatoms. The first-order chi connectivity index (χ1) is 11.3. The van der Waals surface area contributed by atoms with E-state index in [1.807, 2.05) is 23.1 Å². The molecule has 0 saturated carbocycles. The highest BCUT2D eigenvalue weighted by molar-refractivity contribution is 5.95. The lowest BCUT2D eigenvalue weighted by Crippen LogP contribution is -2.32. The van der Waals surface area contributed by atoms with Crippen molar-refractivity contribution in [1.82, 2.24) is 10.2 Å². The van der Waals surface area contributed by atoms with Gasteiger partial charge >= 0.3 is 0 Å². The van der Waals surface area contributed by atoms with Crippen molar-refractivity contribution < 1.29 is 14.3 Å². The minimum Gasteiger partial charge on any atom is -0.490 e. The normalized spacial score (nSPS) is 25.9. The Morgan fingerprint density at radius 2 is 1.71 bits per heavy atom. The maximum atomic E-state index is 12.9. The minimum atomic E-state index is 0. The van der Waals surface area contributed by atoms with E-state index in [9.17, 15) is 4.79 Å². The molecular weight excluding hydrogens is 328 g/mol. The average molecular weight is 353 g/mol. The molecule has 5 nitrogen and oxygen atoms in total. The van der Waals surface area contributed by atoms with Gasteiger partial charge in [0, 0.05) is 25.1 Å². The van der Waals surface area contributed by atoms with E-state index in [-0.39, 0.29) is 18.3 Å². The van der Waals surface area contributed by atoms with E-state index in [4.69, 9.17) is 9.47 Å². The van der Waals surface area contributed by atoms with Crippen LogP contribution in [0.2, 0.25) is 0 Å². The number of nitrogens with one attached hydrogen (secondary N) is 1. The SMILES string of the molecule is Cl.O=C(c1ccc2c(c1)OCCCO2)N1CC[C@@H]2CNC[C@@H]2CC1. The predicted octanol–water partition coefficient (Wildman–Crippen LogP) is 2.34. The topological polar surface area (TPSA) is 50.8 Å². The van der Waals surface area contributed by atoms with E-state index < -0.39 is 0 Å². The maximum Gasteiger partial charge on any atom is 0.253 e. The van der Waals surface area contributed by atoms with Gasteiger partial charge in [0.15, 0.2) is 11.5 Å². The largest absolute Gasteiger partial charge is 0.490 e. The molecule has 1 N–H and O–H groups in total. The van der Waals surface area contributed by atoms with Crippen molar-refractivity contribution >= 4 is 18.3 Å². The highest BCUT2D eigenvalue weighted by Crippen LogP contribution is 2.32. The summed E-state index contributed by atoms with van der Waals surface area (Å²) in [7, 11) is 0. The van der Waals surface area contributed by atoms with Crippen molar-refractivity contribution in [3.05, 3.63) is 23.8 Å². The molecule has 3 aliphatic heterocycles. The molecule has 0 aliphatic carbocycles. The molecule has 0 aromatic heterocycles. The summed E-state index contributed by atoms with van der Waals surface area (Å²) < 4.78 is 11.4. The fourth-order valence-electron chi connectivity index (χ4n) is 3.90. The monoisotopic (exact) mass is 352 g/mol. The van der Waals surface area contributed by atoms with Crippen molar-refractivity contribution in [2.45, 2.75) is 19.3 Å². The first kappa shape index (κ1) is 17.4. The fourth-order valence-corrected chi connectivity index (χ4v) is 3.90.